The summed E-state index contributed by atoms with van der Waals surface area (Å²) in [5.41, 5.74) is 0.151. The van der Waals surface area contributed by atoms with E-state index in [0.717, 1.165) is 25.7 Å². The van der Waals surface area contributed by atoms with Gasteiger partial charge in [0, 0.05) is 5.92 Å². The number of carbonyl (C=O) groups excluding carboxylic acids is 1. The van der Waals surface area contributed by atoms with Crippen molar-refractivity contribution in [2.75, 3.05) is 0 Å². The van der Waals surface area contributed by atoms with Gasteiger partial charge >= 0.3 is 5.97 Å². The molecule has 2 nitrogen and oxygen atoms in total. The van der Waals surface area contributed by atoms with Crippen molar-refractivity contribution >= 4 is 5.97 Å². The summed E-state index contributed by atoms with van der Waals surface area (Å²) in [5, 5.41) is 0. The van der Waals surface area contributed by atoms with E-state index in [-0.39, 0.29) is 22.9 Å². The Bertz CT molecular complexity index is 514. The summed E-state index contributed by atoms with van der Waals surface area (Å²) in [4.78, 5) is 13.3. The van der Waals surface area contributed by atoms with E-state index in [4.69, 9.17) is 4.74 Å². The molecule has 0 aromatic rings. The van der Waals surface area contributed by atoms with Crippen LogP contribution in [0, 0.1) is 39.4 Å². The molecule has 32 heavy (non-hydrogen) atoms. The third kappa shape index (κ3) is 11.1. The normalized spacial score (nSPS) is 26.0. The number of hydrogen-bond acceptors (Lipinski definition) is 2. The number of carbonyl (C=O) groups is 1. The molecule has 0 spiro atoms. The molecular weight excluding hydrogens is 392 g/mol. The molecule has 194 valence electrons. The Labute approximate surface area is 204 Å². The van der Waals surface area contributed by atoms with Crippen LogP contribution in [0.5, 0.6) is 0 Å². The molecule has 0 radical (unpaired) electrons. The molecule has 0 aliphatic heterocycles. The van der Waals surface area contributed by atoms with Crippen molar-refractivity contribution in [3.63, 3.8) is 0 Å². The lowest BCUT2D eigenvalue weighted by molar-refractivity contribution is -0.174. The molecule has 1 aliphatic rings. The molecule has 1 aliphatic carbocycles. The van der Waals surface area contributed by atoms with E-state index in [1.54, 1.807) is 0 Å². The first-order valence-corrected chi connectivity index (χ1v) is 13.5. The largest absolute Gasteiger partial charge is 0.462 e. The van der Waals surface area contributed by atoms with Crippen LogP contribution in [-0.4, -0.2) is 12.1 Å². The minimum atomic E-state index is -0.398. The maximum atomic E-state index is 13.3. The summed E-state index contributed by atoms with van der Waals surface area (Å²) in [5.74, 6) is 1.68. The number of ether oxygens (including phenoxy) is 1. The van der Waals surface area contributed by atoms with Crippen LogP contribution >= 0.6 is 0 Å². The molecule has 0 heterocycles. The second kappa shape index (κ2) is 13.4. The highest BCUT2D eigenvalue weighted by atomic mass is 16.5. The van der Waals surface area contributed by atoms with Crippen LogP contribution in [-0.2, 0) is 9.53 Å². The first kappa shape index (κ1) is 33.6. The summed E-state index contributed by atoms with van der Waals surface area (Å²) in [6.07, 6.45) is 5.12. The lowest BCUT2D eigenvalue weighted by Crippen LogP contribution is -2.48. The van der Waals surface area contributed by atoms with Crippen molar-refractivity contribution < 1.29 is 9.53 Å². The van der Waals surface area contributed by atoms with Crippen molar-refractivity contribution in [2.45, 2.75) is 149 Å². The molecule has 0 saturated heterocycles. The molecule has 0 bridgehead atoms. The van der Waals surface area contributed by atoms with Gasteiger partial charge in [0.1, 0.15) is 6.10 Å². The van der Waals surface area contributed by atoms with Gasteiger partial charge in [-0.2, -0.15) is 0 Å². The fraction of sp³-hybridized carbons (Fsp3) is 0.967. The molecule has 1 fully saturated rings. The van der Waals surface area contributed by atoms with Crippen LogP contribution in [0.15, 0.2) is 0 Å². The van der Waals surface area contributed by atoms with Gasteiger partial charge < -0.3 is 4.74 Å². The minimum Gasteiger partial charge on any atom is -0.462 e. The molecule has 1 rings (SSSR count). The SMILES string of the molecule is CC.CCC.CCC(C)(CC(C)(C)C)C(=O)OC1CC(C)C(C(C)(C)C)CC1C(C)(C)C. The highest BCUT2D eigenvalue weighted by Crippen LogP contribution is 2.50. The van der Waals surface area contributed by atoms with Gasteiger partial charge in [-0.15, -0.1) is 0 Å². The number of hydrogen-bond donors (Lipinski definition) is 0. The van der Waals surface area contributed by atoms with Gasteiger partial charge in [-0.3, -0.25) is 4.79 Å². The predicted molar refractivity (Wildman–Crippen MR) is 144 cm³/mol. The predicted octanol–water partition coefficient (Wildman–Crippen LogP) is 9.95. The van der Waals surface area contributed by atoms with Crippen LogP contribution in [0.25, 0.3) is 0 Å². The highest BCUT2D eigenvalue weighted by Gasteiger charge is 2.47. The number of rotatable bonds is 4. The van der Waals surface area contributed by atoms with Crippen molar-refractivity contribution in [1.29, 1.82) is 0 Å². The zero-order valence-corrected chi connectivity index (χ0v) is 25.2. The first-order chi connectivity index (χ1) is 14.3. The summed E-state index contributed by atoms with van der Waals surface area (Å²) >= 11 is 0. The third-order valence-electron chi connectivity index (χ3n) is 6.92. The Hall–Kier alpha value is -0.530. The molecule has 0 amide bonds. The van der Waals surface area contributed by atoms with Crippen molar-refractivity contribution in [3.8, 4) is 0 Å². The van der Waals surface area contributed by atoms with Gasteiger partial charge in [0.25, 0.3) is 0 Å². The lowest BCUT2D eigenvalue weighted by Gasteiger charge is -2.50. The summed E-state index contributed by atoms with van der Waals surface area (Å²) < 4.78 is 6.32. The smallest absolute Gasteiger partial charge is 0.312 e. The Kier molecular flexibility index (Phi) is 14.1. The van der Waals surface area contributed by atoms with Crippen LogP contribution in [0.4, 0.5) is 0 Å². The van der Waals surface area contributed by atoms with Crippen LogP contribution in [0.1, 0.15) is 143 Å². The molecule has 2 heteroatoms. The van der Waals surface area contributed by atoms with Gasteiger partial charge in [-0.1, -0.05) is 110 Å². The van der Waals surface area contributed by atoms with E-state index in [2.05, 4.69) is 96.9 Å². The molecule has 5 atom stereocenters. The van der Waals surface area contributed by atoms with E-state index in [1.165, 1.54) is 6.42 Å². The Morgan fingerprint density at radius 3 is 1.50 bits per heavy atom. The van der Waals surface area contributed by atoms with Gasteiger partial charge in [0.05, 0.1) is 5.41 Å². The highest BCUT2D eigenvalue weighted by molar-refractivity contribution is 5.76. The van der Waals surface area contributed by atoms with Gasteiger partial charge in [0.15, 0.2) is 0 Å². The van der Waals surface area contributed by atoms with E-state index < -0.39 is 5.41 Å². The maximum Gasteiger partial charge on any atom is 0.312 e. The van der Waals surface area contributed by atoms with E-state index in [1.807, 2.05) is 13.8 Å². The molecule has 1 saturated carbocycles. The van der Waals surface area contributed by atoms with E-state index >= 15 is 0 Å². The second-order valence-corrected chi connectivity index (χ2v) is 13.7. The maximum absolute atomic E-state index is 13.3. The minimum absolute atomic E-state index is 0.0144. The van der Waals surface area contributed by atoms with Crippen molar-refractivity contribution in [1.82, 2.24) is 0 Å². The molecule has 0 N–H and O–H groups in total. The molecule has 0 aromatic carbocycles. The molecule has 0 aromatic heterocycles. The van der Waals surface area contributed by atoms with Gasteiger partial charge in [0.2, 0.25) is 0 Å². The Morgan fingerprint density at radius 2 is 1.19 bits per heavy atom. The third-order valence-corrected chi connectivity index (χ3v) is 6.92. The molecule has 5 unspecified atom stereocenters. The summed E-state index contributed by atoms with van der Waals surface area (Å²) in [6, 6.07) is 0. The zero-order chi connectivity index (χ0) is 26.1. The molecular formula is C30H62O2. The van der Waals surface area contributed by atoms with Crippen LogP contribution in [0.2, 0.25) is 0 Å². The Balaban J connectivity index is 0. The van der Waals surface area contributed by atoms with Gasteiger partial charge in [-0.25, -0.2) is 0 Å². The fourth-order valence-corrected chi connectivity index (χ4v) is 5.39. The van der Waals surface area contributed by atoms with Crippen molar-refractivity contribution in [2.24, 2.45) is 39.4 Å². The lowest BCUT2D eigenvalue weighted by atomic mass is 9.58. The topological polar surface area (TPSA) is 26.3 Å². The van der Waals surface area contributed by atoms with E-state index in [0.29, 0.717) is 23.2 Å². The van der Waals surface area contributed by atoms with Crippen LogP contribution < -0.4 is 0 Å². The Morgan fingerprint density at radius 1 is 0.781 bits per heavy atom. The fourth-order valence-electron chi connectivity index (χ4n) is 5.39. The zero-order valence-electron chi connectivity index (χ0n) is 25.2. The summed E-state index contributed by atoms with van der Waals surface area (Å²) in [6.45, 7) is 35.4. The average molecular weight is 455 g/mol. The van der Waals surface area contributed by atoms with Gasteiger partial charge in [-0.05, 0) is 60.7 Å². The standard InChI is InChI=1S/C25H48O2.C3H8.C2H6/c1-13-25(12,16-22(3,4)5)21(26)27-20-14-17(2)18(23(6,7)8)15-19(20)24(9,10)11;1-3-2;1-2/h17-20H,13-16H2,1-12H3;3H2,1-2H3;1-2H3. The number of esters is 1. The second-order valence-electron chi connectivity index (χ2n) is 13.7. The quantitative estimate of drug-likeness (QED) is 0.395. The van der Waals surface area contributed by atoms with Crippen LogP contribution in [0.3, 0.4) is 0 Å². The monoisotopic (exact) mass is 454 g/mol. The first-order valence-electron chi connectivity index (χ1n) is 13.5. The average Bonchev–Trinajstić information content (AvgIpc) is 2.60. The van der Waals surface area contributed by atoms with E-state index in [9.17, 15) is 4.79 Å². The summed E-state index contributed by atoms with van der Waals surface area (Å²) in [7, 11) is 0. The van der Waals surface area contributed by atoms with Crippen molar-refractivity contribution in [3.05, 3.63) is 0 Å².